The van der Waals surface area contributed by atoms with E-state index in [0.717, 1.165) is 16.6 Å². The molecule has 138 valence electrons. The van der Waals surface area contributed by atoms with Crippen LogP contribution >= 0.6 is 27.5 Å². The summed E-state index contributed by atoms with van der Waals surface area (Å²) in [7, 11) is -3.74. The summed E-state index contributed by atoms with van der Waals surface area (Å²) >= 11 is 8.97. The lowest BCUT2D eigenvalue weighted by atomic mass is 10.2. The molecule has 0 saturated heterocycles. The van der Waals surface area contributed by atoms with Gasteiger partial charge in [-0.05, 0) is 40.2 Å². The first-order chi connectivity index (χ1) is 12.1. The van der Waals surface area contributed by atoms with Crippen molar-refractivity contribution in [3.05, 3.63) is 62.1 Å². The van der Waals surface area contributed by atoms with Crippen molar-refractivity contribution in [3.8, 4) is 0 Å². The van der Waals surface area contributed by atoms with E-state index in [2.05, 4.69) is 21.2 Å². The third-order valence-corrected chi connectivity index (χ3v) is 5.35. The van der Waals surface area contributed by atoms with Gasteiger partial charge in [0.15, 0.2) is 0 Å². The second kappa shape index (κ2) is 8.02. The topological polar surface area (TPSA) is 110 Å². The minimum atomic E-state index is -3.74. The molecule has 0 fully saturated rings. The third-order valence-electron chi connectivity index (χ3n) is 3.24. The molecule has 0 aliphatic heterocycles. The van der Waals surface area contributed by atoms with Crippen LogP contribution in [0.4, 0.5) is 17.1 Å². The summed E-state index contributed by atoms with van der Waals surface area (Å²) in [6.45, 7) is -0.502. The van der Waals surface area contributed by atoms with Gasteiger partial charge in [0.05, 0.1) is 16.9 Å². The molecule has 0 aliphatic carbocycles. The van der Waals surface area contributed by atoms with Crippen LogP contribution in [0.5, 0.6) is 0 Å². The molecule has 11 heteroatoms. The number of nitro benzene ring substituents is 1. The van der Waals surface area contributed by atoms with Crippen molar-refractivity contribution < 1.29 is 18.1 Å². The van der Waals surface area contributed by atoms with Crippen molar-refractivity contribution in [3.63, 3.8) is 0 Å². The maximum absolute atomic E-state index is 12.3. The van der Waals surface area contributed by atoms with Crippen molar-refractivity contribution in [2.24, 2.45) is 0 Å². The van der Waals surface area contributed by atoms with Gasteiger partial charge in [0, 0.05) is 16.2 Å². The van der Waals surface area contributed by atoms with E-state index < -0.39 is 27.4 Å². The second-order valence-corrected chi connectivity index (χ2v) is 8.36. The zero-order valence-corrected chi connectivity index (χ0v) is 16.5. The summed E-state index contributed by atoms with van der Waals surface area (Å²) in [4.78, 5) is 22.5. The summed E-state index contributed by atoms with van der Waals surface area (Å²) in [5, 5.41) is 13.3. The molecule has 0 saturated carbocycles. The highest BCUT2D eigenvalue weighted by atomic mass is 79.9. The second-order valence-electron chi connectivity index (χ2n) is 5.19. The summed E-state index contributed by atoms with van der Waals surface area (Å²) in [6, 6.07) is 10.3. The monoisotopic (exact) mass is 461 g/mol. The molecule has 26 heavy (non-hydrogen) atoms. The molecule has 2 aromatic carbocycles. The van der Waals surface area contributed by atoms with Crippen LogP contribution in [0.15, 0.2) is 46.9 Å². The normalized spacial score (nSPS) is 11.0. The lowest BCUT2D eigenvalue weighted by Crippen LogP contribution is -2.37. The summed E-state index contributed by atoms with van der Waals surface area (Å²) in [5.41, 5.74) is 0.0640. The van der Waals surface area contributed by atoms with E-state index in [9.17, 15) is 23.3 Å². The number of amides is 1. The molecule has 1 N–H and O–H groups in total. The van der Waals surface area contributed by atoms with Gasteiger partial charge in [-0.3, -0.25) is 19.2 Å². The van der Waals surface area contributed by atoms with Crippen LogP contribution in [0.3, 0.4) is 0 Å². The van der Waals surface area contributed by atoms with Gasteiger partial charge in [-0.25, -0.2) is 8.42 Å². The number of anilines is 2. The Balaban J connectivity index is 2.25. The minimum Gasteiger partial charge on any atom is -0.324 e. The fourth-order valence-electron chi connectivity index (χ4n) is 2.10. The number of sulfonamides is 1. The SMILES string of the molecule is CS(=O)(=O)N(CC(=O)Nc1ccc(Cl)c([N+](=O)[O-])c1)c1ccccc1Br. The average molecular weight is 463 g/mol. The number of carbonyl (C=O) groups excluding carboxylic acids is 1. The number of nitrogens with one attached hydrogen (secondary N) is 1. The summed E-state index contributed by atoms with van der Waals surface area (Å²) in [6.07, 6.45) is 0.979. The van der Waals surface area contributed by atoms with Crippen molar-refractivity contribution >= 4 is 60.5 Å². The number of hydrogen-bond acceptors (Lipinski definition) is 5. The minimum absolute atomic E-state index is 0.0704. The molecular weight excluding hydrogens is 450 g/mol. The van der Waals surface area contributed by atoms with Crippen molar-refractivity contribution in [2.45, 2.75) is 0 Å². The van der Waals surface area contributed by atoms with Gasteiger partial charge < -0.3 is 5.32 Å². The first-order valence-electron chi connectivity index (χ1n) is 7.05. The van der Waals surface area contributed by atoms with Gasteiger partial charge in [-0.15, -0.1) is 0 Å². The molecule has 2 rings (SSSR count). The van der Waals surface area contributed by atoms with E-state index in [1.54, 1.807) is 24.3 Å². The molecule has 0 unspecified atom stereocenters. The smallest absolute Gasteiger partial charge is 0.289 e. The first kappa shape index (κ1) is 20.1. The van der Waals surface area contributed by atoms with Crippen molar-refractivity contribution in [2.75, 3.05) is 22.4 Å². The number of halogens is 2. The number of nitro groups is 1. The van der Waals surface area contributed by atoms with Gasteiger partial charge >= 0.3 is 0 Å². The van der Waals surface area contributed by atoms with E-state index in [0.29, 0.717) is 10.2 Å². The van der Waals surface area contributed by atoms with Crippen LogP contribution in [-0.4, -0.2) is 32.0 Å². The lowest BCUT2D eigenvalue weighted by Gasteiger charge is -2.23. The number of carbonyl (C=O) groups is 1. The Morgan fingerprint density at radius 1 is 1.31 bits per heavy atom. The Morgan fingerprint density at radius 3 is 2.54 bits per heavy atom. The Hall–Kier alpha value is -2.17. The third kappa shape index (κ3) is 4.93. The van der Waals surface area contributed by atoms with Crippen LogP contribution in [0, 0.1) is 10.1 Å². The summed E-state index contributed by atoms with van der Waals surface area (Å²) < 4.78 is 25.6. The standard InChI is InChI=1S/C15H13BrClN3O5S/c1-26(24,25)19(13-5-3-2-4-11(13)16)9-15(21)18-10-6-7-12(17)14(8-10)20(22)23/h2-8H,9H2,1H3,(H,18,21). The molecule has 8 nitrogen and oxygen atoms in total. The van der Waals surface area contributed by atoms with Gasteiger partial charge in [0.1, 0.15) is 11.6 Å². The Morgan fingerprint density at radius 2 is 1.96 bits per heavy atom. The largest absolute Gasteiger partial charge is 0.324 e. The number of nitrogens with zero attached hydrogens (tertiary/aromatic N) is 2. The Kier molecular flexibility index (Phi) is 6.21. The van der Waals surface area contributed by atoms with Crippen molar-refractivity contribution in [1.29, 1.82) is 0 Å². The quantitative estimate of drug-likeness (QED) is 0.522. The van der Waals surface area contributed by atoms with Crippen LogP contribution in [-0.2, 0) is 14.8 Å². The molecule has 0 aromatic heterocycles. The molecule has 0 atom stereocenters. The molecule has 0 spiro atoms. The van der Waals surface area contributed by atoms with E-state index in [4.69, 9.17) is 11.6 Å². The highest BCUT2D eigenvalue weighted by Gasteiger charge is 2.23. The molecule has 0 aliphatic rings. The zero-order valence-electron chi connectivity index (χ0n) is 13.3. The van der Waals surface area contributed by atoms with E-state index >= 15 is 0 Å². The van der Waals surface area contributed by atoms with Gasteiger partial charge in [0.25, 0.3) is 5.69 Å². The predicted molar refractivity (Wildman–Crippen MR) is 103 cm³/mol. The highest BCUT2D eigenvalue weighted by molar-refractivity contribution is 9.10. The highest BCUT2D eigenvalue weighted by Crippen LogP contribution is 2.29. The number of para-hydroxylation sites is 1. The molecule has 0 radical (unpaired) electrons. The van der Waals surface area contributed by atoms with E-state index in [1.807, 2.05) is 0 Å². The first-order valence-corrected chi connectivity index (χ1v) is 10.1. The fourth-order valence-corrected chi connectivity index (χ4v) is 3.77. The van der Waals surface area contributed by atoms with Crippen LogP contribution < -0.4 is 9.62 Å². The zero-order chi connectivity index (χ0) is 19.5. The van der Waals surface area contributed by atoms with Crippen LogP contribution in [0.25, 0.3) is 0 Å². The van der Waals surface area contributed by atoms with Crippen molar-refractivity contribution in [1.82, 2.24) is 0 Å². The number of benzene rings is 2. The molecule has 2 aromatic rings. The molecule has 0 heterocycles. The van der Waals surface area contributed by atoms with E-state index in [1.165, 1.54) is 12.1 Å². The van der Waals surface area contributed by atoms with E-state index in [-0.39, 0.29) is 16.4 Å². The Bertz CT molecular complexity index is 968. The maximum Gasteiger partial charge on any atom is 0.289 e. The van der Waals surface area contributed by atoms with Gasteiger partial charge in [-0.2, -0.15) is 0 Å². The molecule has 1 amide bonds. The lowest BCUT2D eigenvalue weighted by molar-refractivity contribution is -0.384. The number of rotatable bonds is 6. The predicted octanol–water partition coefficient (Wildman–Crippen LogP) is 3.42. The molecular formula is C15H13BrClN3O5S. The fraction of sp³-hybridized carbons (Fsp3) is 0.133. The van der Waals surface area contributed by atoms with Gasteiger partial charge in [0.2, 0.25) is 15.9 Å². The van der Waals surface area contributed by atoms with Crippen LogP contribution in [0.1, 0.15) is 0 Å². The maximum atomic E-state index is 12.3. The number of hydrogen-bond donors (Lipinski definition) is 1. The molecule has 0 bridgehead atoms. The average Bonchev–Trinajstić information content (AvgIpc) is 2.54. The van der Waals surface area contributed by atoms with Gasteiger partial charge in [-0.1, -0.05) is 23.7 Å². The van der Waals surface area contributed by atoms with Crippen LogP contribution in [0.2, 0.25) is 5.02 Å². The Labute approximate surface area is 163 Å². The summed E-state index contributed by atoms with van der Waals surface area (Å²) in [5.74, 6) is -0.664.